The van der Waals surface area contributed by atoms with Gasteiger partial charge in [-0.25, -0.2) is 0 Å². The molecule has 0 aliphatic rings. The second-order valence-electron chi connectivity index (χ2n) is 5.43. The molecule has 0 N–H and O–H groups in total. The molecule has 110 valence electrons. The Balaban J connectivity index is 2.61. The highest BCUT2D eigenvalue weighted by Crippen LogP contribution is 2.13. The minimum Gasteiger partial charge on any atom is -0.305 e. The standard InChI is InChI=1S/C18H26ClN/c1-4-5-6-8-17(15-20(2)3)10-7-9-16-11-13-18(19)14-12-16/h7,9-14H,4-6,8,15H2,1-3H3. The quantitative estimate of drug-likeness (QED) is 0.456. The molecule has 0 atom stereocenters. The van der Waals surface area contributed by atoms with E-state index in [9.17, 15) is 0 Å². The van der Waals surface area contributed by atoms with Crippen LogP contribution in [0.2, 0.25) is 5.02 Å². The lowest BCUT2D eigenvalue weighted by Gasteiger charge is -2.12. The van der Waals surface area contributed by atoms with Crippen molar-refractivity contribution in [3.8, 4) is 0 Å². The first-order valence-corrected chi connectivity index (χ1v) is 7.76. The second kappa shape index (κ2) is 9.79. The smallest absolute Gasteiger partial charge is 0.0406 e. The lowest BCUT2D eigenvalue weighted by Crippen LogP contribution is -2.15. The molecule has 0 aliphatic heterocycles. The number of hydrogen-bond donors (Lipinski definition) is 0. The lowest BCUT2D eigenvalue weighted by molar-refractivity contribution is 0.437. The monoisotopic (exact) mass is 291 g/mol. The molecule has 0 radical (unpaired) electrons. The summed E-state index contributed by atoms with van der Waals surface area (Å²) in [6.45, 7) is 3.28. The molecule has 0 unspecified atom stereocenters. The average molecular weight is 292 g/mol. The van der Waals surface area contributed by atoms with Crippen molar-refractivity contribution in [2.75, 3.05) is 20.6 Å². The molecule has 1 aromatic rings. The van der Waals surface area contributed by atoms with E-state index in [1.54, 1.807) is 0 Å². The van der Waals surface area contributed by atoms with E-state index >= 15 is 0 Å². The number of halogens is 1. The molecule has 0 saturated carbocycles. The van der Waals surface area contributed by atoms with E-state index in [2.05, 4.69) is 44.1 Å². The fraction of sp³-hybridized carbons (Fsp3) is 0.444. The number of nitrogens with zero attached hydrogens (tertiary/aromatic N) is 1. The maximum atomic E-state index is 5.88. The molecule has 0 bridgehead atoms. The summed E-state index contributed by atoms with van der Waals surface area (Å²) in [5.41, 5.74) is 2.68. The third-order valence-corrected chi connectivity index (χ3v) is 3.36. The van der Waals surface area contributed by atoms with Crippen LogP contribution in [0.4, 0.5) is 0 Å². The highest BCUT2D eigenvalue weighted by Gasteiger charge is 1.98. The fourth-order valence-corrected chi connectivity index (χ4v) is 2.22. The normalized spacial score (nSPS) is 12.6. The number of rotatable bonds is 8. The topological polar surface area (TPSA) is 3.24 Å². The van der Waals surface area contributed by atoms with E-state index in [0.29, 0.717) is 0 Å². The summed E-state index contributed by atoms with van der Waals surface area (Å²) < 4.78 is 0. The maximum absolute atomic E-state index is 5.88. The first kappa shape index (κ1) is 17.0. The van der Waals surface area contributed by atoms with Gasteiger partial charge in [0.1, 0.15) is 0 Å². The van der Waals surface area contributed by atoms with Crippen molar-refractivity contribution < 1.29 is 0 Å². The molecule has 0 heterocycles. The molecular formula is C18H26ClN. The van der Waals surface area contributed by atoms with Gasteiger partial charge >= 0.3 is 0 Å². The highest BCUT2D eigenvalue weighted by molar-refractivity contribution is 6.30. The van der Waals surface area contributed by atoms with Crippen LogP contribution in [0, 0.1) is 0 Å². The van der Waals surface area contributed by atoms with Gasteiger partial charge in [0.05, 0.1) is 0 Å². The molecule has 20 heavy (non-hydrogen) atoms. The third kappa shape index (κ3) is 7.52. The van der Waals surface area contributed by atoms with E-state index in [0.717, 1.165) is 11.6 Å². The van der Waals surface area contributed by atoms with Crippen molar-refractivity contribution in [1.82, 2.24) is 4.90 Å². The van der Waals surface area contributed by atoms with Crippen molar-refractivity contribution in [1.29, 1.82) is 0 Å². The molecular weight excluding hydrogens is 266 g/mol. The Morgan fingerprint density at radius 3 is 2.45 bits per heavy atom. The van der Waals surface area contributed by atoms with E-state index in [-0.39, 0.29) is 0 Å². The predicted octanol–water partition coefficient (Wildman–Crippen LogP) is 5.42. The number of hydrogen-bond acceptors (Lipinski definition) is 1. The van der Waals surface area contributed by atoms with Gasteiger partial charge < -0.3 is 4.90 Å². The first-order valence-electron chi connectivity index (χ1n) is 7.38. The summed E-state index contributed by atoms with van der Waals surface area (Å²) in [6, 6.07) is 7.92. The molecule has 0 amide bonds. The van der Waals surface area contributed by atoms with E-state index in [1.807, 2.05) is 24.3 Å². The molecule has 1 rings (SSSR count). The van der Waals surface area contributed by atoms with Crippen molar-refractivity contribution in [2.45, 2.75) is 32.6 Å². The summed E-state index contributed by atoms with van der Waals surface area (Å²) in [6.07, 6.45) is 11.6. The van der Waals surface area contributed by atoms with Crippen LogP contribution in [-0.2, 0) is 0 Å². The Labute approximate surface area is 128 Å². The van der Waals surface area contributed by atoms with Crippen LogP contribution < -0.4 is 0 Å². The number of benzene rings is 1. The van der Waals surface area contributed by atoms with Crippen LogP contribution in [0.15, 0.2) is 42.0 Å². The van der Waals surface area contributed by atoms with Crippen LogP contribution in [0.5, 0.6) is 0 Å². The molecule has 0 aromatic heterocycles. The zero-order chi connectivity index (χ0) is 14.8. The maximum Gasteiger partial charge on any atom is 0.0406 e. The minimum atomic E-state index is 0.783. The minimum absolute atomic E-state index is 0.783. The molecule has 0 aliphatic carbocycles. The van der Waals surface area contributed by atoms with Gasteiger partial charge in [0.15, 0.2) is 0 Å². The molecule has 0 fully saturated rings. The van der Waals surface area contributed by atoms with Crippen LogP contribution >= 0.6 is 11.6 Å². The van der Waals surface area contributed by atoms with E-state index < -0.39 is 0 Å². The molecule has 1 nitrogen and oxygen atoms in total. The average Bonchev–Trinajstić information content (AvgIpc) is 2.40. The van der Waals surface area contributed by atoms with Crippen molar-refractivity contribution in [2.24, 2.45) is 0 Å². The zero-order valence-electron chi connectivity index (χ0n) is 12.9. The van der Waals surface area contributed by atoms with Gasteiger partial charge in [-0.05, 0) is 44.6 Å². The Bertz CT molecular complexity index is 429. The molecule has 2 heteroatoms. The number of unbranched alkanes of at least 4 members (excludes halogenated alkanes) is 2. The van der Waals surface area contributed by atoms with Gasteiger partial charge in [0.25, 0.3) is 0 Å². The zero-order valence-corrected chi connectivity index (χ0v) is 13.7. The van der Waals surface area contributed by atoms with Crippen LogP contribution in [0.25, 0.3) is 6.08 Å². The van der Waals surface area contributed by atoms with Crippen LogP contribution in [0.3, 0.4) is 0 Å². The van der Waals surface area contributed by atoms with Gasteiger partial charge in [-0.2, -0.15) is 0 Å². The van der Waals surface area contributed by atoms with Gasteiger partial charge in [-0.15, -0.1) is 0 Å². The predicted molar refractivity (Wildman–Crippen MR) is 91.3 cm³/mol. The van der Waals surface area contributed by atoms with Crippen molar-refractivity contribution >= 4 is 17.7 Å². The molecule has 0 spiro atoms. The summed E-state index contributed by atoms with van der Waals surface area (Å²) in [5, 5.41) is 0.783. The molecule has 1 aromatic carbocycles. The summed E-state index contributed by atoms with van der Waals surface area (Å²) in [5.74, 6) is 0. The van der Waals surface area contributed by atoms with Crippen molar-refractivity contribution in [3.63, 3.8) is 0 Å². The Morgan fingerprint density at radius 1 is 1.15 bits per heavy atom. The van der Waals surface area contributed by atoms with Gasteiger partial charge in [-0.1, -0.05) is 67.3 Å². The van der Waals surface area contributed by atoms with E-state index in [1.165, 1.54) is 36.8 Å². The SMILES string of the molecule is CCCCCC(=CC=Cc1ccc(Cl)cc1)CN(C)C. The number of likely N-dealkylation sites (N-methyl/N-ethyl adjacent to an activating group) is 1. The largest absolute Gasteiger partial charge is 0.305 e. The van der Waals surface area contributed by atoms with Gasteiger partial charge in [0, 0.05) is 11.6 Å². The van der Waals surface area contributed by atoms with E-state index in [4.69, 9.17) is 11.6 Å². The van der Waals surface area contributed by atoms with Crippen LogP contribution in [0.1, 0.15) is 38.2 Å². The Morgan fingerprint density at radius 2 is 1.85 bits per heavy atom. The summed E-state index contributed by atoms with van der Waals surface area (Å²) in [4.78, 5) is 2.23. The summed E-state index contributed by atoms with van der Waals surface area (Å²) in [7, 11) is 4.24. The Kier molecular flexibility index (Phi) is 8.32. The van der Waals surface area contributed by atoms with Gasteiger partial charge in [0.2, 0.25) is 0 Å². The lowest BCUT2D eigenvalue weighted by atomic mass is 10.1. The fourth-order valence-electron chi connectivity index (χ4n) is 2.09. The first-order chi connectivity index (χ1) is 9.61. The summed E-state index contributed by atoms with van der Waals surface area (Å²) >= 11 is 5.88. The Hall–Kier alpha value is -1.05. The third-order valence-electron chi connectivity index (χ3n) is 3.11. The van der Waals surface area contributed by atoms with Crippen LogP contribution in [-0.4, -0.2) is 25.5 Å². The van der Waals surface area contributed by atoms with Crippen molar-refractivity contribution in [3.05, 3.63) is 52.6 Å². The highest BCUT2D eigenvalue weighted by atomic mass is 35.5. The molecule has 0 saturated heterocycles. The van der Waals surface area contributed by atoms with Gasteiger partial charge in [-0.3, -0.25) is 0 Å². The second-order valence-corrected chi connectivity index (χ2v) is 5.87. The number of allylic oxidation sites excluding steroid dienone is 2.